The van der Waals surface area contributed by atoms with Gasteiger partial charge in [-0.25, -0.2) is 15.0 Å². The van der Waals surface area contributed by atoms with Crippen molar-refractivity contribution in [3.8, 4) is 45.0 Å². The average molecular weight is 566 g/mol. The first-order valence-electron chi connectivity index (χ1n) is 14.9. The second kappa shape index (κ2) is 11.5. The molecule has 3 heteroatoms. The molecule has 0 fully saturated rings. The number of hydrogen-bond donors (Lipinski definition) is 0. The molecular formula is C41H31N3. The Balaban J connectivity index is 1.40. The summed E-state index contributed by atoms with van der Waals surface area (Å²) in [6, 6.07) is 44.9. The zero-order chi connectivity index (χ0) is 30.0. The van der Waals surface area contributed by atoms with E-state index in [4.69, 9.17) is 15.0 Å². The zero-order valence-electron chi connectivity index (χ0n) is 24.8. The van der Waals surface area contributed by atoms with Gasteiger partial charge >= 0.3 is 0 Å². The fourth-order valence-corrected chi connectivity index (χ4v) is 5.95. The van der Waals surface area contributed by atoms with E-state index in [9.17, 15) is 0 Å². The number of aryl methyl sites for hydroxylation is 1. The summed E-state index contributed by atoms with van der Waals surface area (Å²) in [4.78, 5) is 14.5. The summed E-state index contributed by atoms with van der Waals surface area (Å²) in [5.41, 5.74) is 8.87. The molecule has 0 unspecified atom stereocenters. The Morgan fingerprint density at radius 3 is 1.36 bits per heavy atom. The lowest BCUT2D eigenvalue weighted by molar-refractivity contribution is 1.04. The van der Waals surface area contributed by atoms with Gasteiger partial charge in [0.15, 0.2) is 17.5 Å². The Kier molecular flexibility index (Phi) is 7.13. The molecule has 0 amide bonds. The van der Waals surface area contributed by atoms with Crippen LogP contribution >= 0.6 is 0 Å². The molecule has 0 bridgehead atoms. The van der Waals surface area contributed by atoms with Crippen LogP contribution in [0.2, 0.25) is 0 Å². The molecule has 0 spiro atoms. The van der Waals surface area contributed by atoms with Gasteiger partial charge in [-0.05, 0) is 57.6 Å². The van der Waals surface area contributed by atoms with E-state index in [1.165, 1.54) is 43.8 Å². The normalized spacial score (nSPS) is 11.6. The monoisotopic (exact) mass is 565 g/mol. The average Bonchev–Trinajstić information content (AvgIpc) is 3.08. The quantitative estimate of drug-likeness (QED) is 0.149. The number of allylic oxidation sites excluding steroid dienone is 3. The van der Waals surface area contributed by atoms with E-state index in [1.54, 1.807) is 6.08 Å². The first-order chi connectivity index (χ1) is 21.6. The molecule has 0 radical (unpaired) electrons. The molecule has 0 aliphatic carbocycles. The van der Waals surface area contributed by atoms with Crippen molar-refractivity contribution in [2.45, 2.75) is 13.8 Å². The maximum Gasteiger partial charge on any atom is 0.164 e. The van der Waals surface area contributed by atoms with Gasteiger partial charge in [0.25, 0.3) is 0 Å². The summed E-state index contributed by atoms with van der Waals surface area (Å²) in [5.74, 6) is 1.88. The highest BCUT2D eigenvalue weighted by Gasteiger charge is 2.17. The second-order valence-electron chi connectivity index (χ2n) is 10.9. The first-order valence-corrected chi connectivity index (χ1v) is 14.9. The van der Waals surface area contributed by atoms with Crippen molar-refractivity contribution in [2.75, 3.05) is 0 Å². The summed E-state index contributed by atoms with van der Waals surface area (Å²) in [5, 5.41) is 4.94. The highest BCUT2D eigenvalue weighted by atomic mass is 15.0. The molecule has 0 saturated carbocycles. The Labute approximate surface area is 257 Å². The van der Waals surface area contributed by atoms with Crippen LogP contribution in [0.4, 0.5) is 0 Å². The highest BCUT2D eigenvalue weighted by molar-refractivity contribution is 6.21. The van der Waals surface area contributed by atoms with Crippen LogP contribution in [-0.2, 0) is 0 Å². The summed E-state index contributed by atoms with van der Waals surface area (Å²) in [6.45, 7) is 8.07. The summed E-state index contributed by atoms with van der Waals surface area (Å²) >= 11 is 0. The van der Waals surface area contributed by atoms with Crippen LogP contribution in [-0.4, -0.2) is 15.0 Å². The Morgan fingerprint density at radius 2 is 0.909 bits per heavy atom. The van der Waals surface area contributed by atoms with Crippen molar-refractivity contribution < 1.29 is 0 Å². The van der Waals surface area contributed by atoms with Crippen LogP contribution in [0.25, 0.3) is 72.1 Å². The Hall–Kier alpha value is -5.67. The van der Waals surface area contributed by atoms with Crippen LogP contribution in [0.15, 0.2) is 146 Å². The zero-order valence-corrected chi connectivity index (χ0v) is 24.8. The molecule has 7 rings (SSSR count). The SMILES string of the molecule is C=C/C(=C\C)c1nc(-c2ccccc2)nc(-c2ccc(-c3c4ccccc4c(-c4ccc(C)cc4)c4ccccc34)cc2)n1. The van der Waals surface area contributed by atoms with Crippen LogP contribution in [0, 0.1) is 6.92 Å². The van der Waals surface area contributed by atoms with Crippen molar-refractivity contribution in [3.63, 3.8) is 0 Å². The molecule has 0 aliphatic rings. The molecule has 210 valence electrons. The van der Waals surface area contributed by atoms with Crippen LogP contribution in [0.3, 0.4) is 0 Å². The van der Waals surface area contributed by atoms with Gasteiger partial charge in [0.1, 0.15) is 0 Å². The number of nitrogens with zero attached hydrogens (tertiary/aromatic N) is 3. The molecule has 7 aromatic rings. The number of aromatic nitrogens is 3. The predicted molar refractivity (Wildman–Crippen MR) is 185 cm³/mol. The molecule has 0 N–H and O–H groups in total. The summed E-state index contributed by atoms with van der Waals surface area (Å²) in [7, 11) is 0. The van der Waals surface area contributed by atoms with Crippen LogP contribution in [0.1, 0.15) is 18.3 Å². The number of fused-ring (bicyclic) bond motifs is 2. The van der Waals surface area contributed by atoms with Gasteiger partial charge in [0.2, 0.25) is 0 Å². The smallest absolute Gasteiger partial charge is 0.164 e. The molecular weight excluding hydrogens is 534 g/mol. The molecule has 0 atom stereocenters. The van der Waals surface area contributed by atoms with Gasteiger partial charge in [0.05, 0.1) is 0 Å². The Bertz CT molecular complexity index is 2120. The van der Waals surface area contributed by atoms with Gasteiger partial charge in [-0.3, -0.25) is 0 Å². The summed E-state index contributed by atoms with van der Waals surface area (Å²) in [6.07, 6.45) is 3.76. The molecule has 1 aromatic heterocycles. The predicted octanol–water partition coefficient (Wildman–Crippen LogP) is 10.7. The third-order valence-corrected chi connectivity index (χ3v) is 8.16. The lowest BCUT2D eigenvalue weighted by atomic mass is 9.86. The van der Waals surface area contributed by atoms with Crippen molar-refractivity contribution in [3.05, 3.63) is 158 Å². The van der Waals surface area contributed by atoms with E-state index >= 15 is 0 Å². The summed E-state index contributed by atoms with van der Waals surface area (Å²) < 4.78 is 0. The molecule has 0 aliphatic heterocycles. The van der Waals surface area contributed by atoms with Crippen molar-refractivity contribution in [2.24, 2.45) is 0 Å². The molecule has 1 heterocycles. The third-order valence-electron chi connectivity index (χ3n) is 8.16. The fourth-order valence-electron chi connectivity index (χ4n) is 5.95. The van der Waals surface area contributed by atoms with Crippen LogP contribution in [0.5, 0.6) is 0 Å². The van der Waals surface area contributed by atoms with E-state index in [2.05, 4.69) is 111 Å². The third kappa shape index (κ3) is 4.89. The van der Waals surface area contributed by atoms with Crippen molar-refractivity contribution in [1.82, 2.24) is 15.0 Å². The maximum absolute atomic E-state index is 4.89. The first kappa shape index (κ1) is 27.2. The molecule has 44 heavy (non-hydrogen) atoms. The van der Waals surface area contributed by atoms with E-state index in [0.29, 0.717) is 17.5 Å². The largest absolute Gasteiger partial charge is 0.208 e. The Morgan fingerprint density at radius 1 is 0.500 bits per heavy atom. The second-order valence-corrected chi connectivity index (χ2v) is 10.9. The standard InChI is InChI=1S/C41H31N3/c1-4-28(5-2)39-42-40(31-13-7-6-8-14-31)44-41(43-39)32-25-23-30(24-26-32)38-35-17-11-9-15-33(35)37(29-21-19-27(3)20-22-29)34-16-10-12-18-36(34)38/h4-26H,1H2,2-3H3/b28-5+. The maximum atomic E-state index is 4.89. The topological polar surface area (TPSA) is 38.7 Å². The number of benzene rings is 6. The lowest BCUT2D eigenvalue weighted by Gasteiger charge is -2.18. The molecule has 0 saturated heterocycles. The minimum Gasteiger partial charge on any atom is -0.208 e. The van der Waals surface area contributed by atoms with Gasteiger partial charge in [0, 0.05) is 16.7 Å². The van der Waals surface area contributed by atoms with Gasteiger partial charge < -0.3 is 0 Å². The van der Waals surface area contributed by atoms with Crippen molar-refractivity contribution in [1.29, 1.82) is 0 Å². The minimum absolute atomic E-state index is 0.610. The van der Waals surface area contributed by atoms with Crippen molar-refractivity contribution >= 4 is 27.1 Å². The van der Waals surface area contributed by atoms with Gasteiger partial charge in [-0.1, -0.05) is 152 Å². The van der Waals surface area contributed by atoms with E-state index in [-0.39, 0.29) is 0 Å². The fraction of sp³-hybridized carbons (Fsp3) is 0.0488. The number of rotatable bonds is 6. The van der Waals surface area contributed by atoms with E-state index < -0.39 is 0 Å². The van der Waals surface area contributed by atoms with Gasteiger partial charge in [-0.2, -0.15) is 0 Å². The highest BCUT2D eigenvalue weighted by Crippen LogP contribution is 2.43. The minimum atomic E-state index is 0.610. The lowest BCUT2D eigenvalue weighted by Crippen LogP contribution is -2.02. The van der Waals surface area contributed by atoms with Crippen LogP contribution < -0.4 is 0 Å². The number of hydrogen-bond acceptors (Lipinski definition) is 3. The van der Waals surface area contributed by atoms with Gasteiger partial charge in [-0.15, -0.1) is 0 Å². The van der Waals surface area contributed by atoms with E-state index in [1.807, 2.05) is 43.3 Å². The molecule has 6 aromatic carbocycles. The molecule has 3 nitrogen and oxygen atoms in total. The van der Waals surface area contributed by atoms with E-state index in [0.717, 1.165) is 22.3 Å².